The van der Waals surface area contributed by atoms with Crippen LogP contribution < -0.4 is 0 Å². The molecule has 0 saturated heterocycles. The zero-order chi connectivity index (χ0) is 12.1. The molecule has 0 spiro atoms. The van der Waals surface area contributed by atoms with E-state index in [9.17, 15) is 9.50 Å². The van der Waals surface area contributed by atoms with Gasteiger partial charge >= 0.3 is 0 Å². The van der Waals surface area contributed by atoms with Crippen molar-refractivity contribution >= 4 is 0 Å². The summed E-state index contributed by atoms with van der Waals surface area (Å²) in [5, 5.41) is 9.89. The highest BCUT2D eigenvalue weighted by Gasteiger charge is 2.26. The number of hydrogen-bond acceptors (Lipinski definition) is 2. The quantitative estimate of drug-likeness (QED) is 0.873. The summed E-state index contributed by atoms with van der Waals surface area (Å²) in [5.74, 6) is 0. The van der Waals surface area contributed by atoms with Crippen molar-refractivity contribution in [3.63, 3.8) is 0 Å². The molecule has 1 aromatic carbocycles. The van der Waals surface area contributed by atoms with Crippen LogP contribution in [0.25, 0.3) is 0 Å². The SMILES string of the molecule is OC(CO[C@H]1CCCC[C@@H]1F)c1ccccc1. The van der Waals surface area contributed by atoms with Crippen LogP contribution in [0, 0.1) is 0 Å². The predicted molar refractivity (Wildman–Crippen MR) is 64.5 cm³/mol. The Morgan fingerprint density at radius 1 is 1.24 bits per heavy atom. The molecule has 1 unspecified atom stereocenters. The maximum absolute atomic E-state index is 13.5. The van der Waals surface area contributed by atoms with Crippen LogP contribution in [0.2, 0.25) is 0 Å². The van der Waals surface area contributed by atoms with E-state index in [-0.39, 0.29) is 12.7 Å². The minimum absolute atomic E-state index is 0.176. The maximum atomic E-state index is 13.5. The molecule has 0 amide bonds. The van der Waals surface area contributed by atoms with Crippen molar-refractivity contribution in [3.05, 3.63) is 35.9 Å². The van der Waals surface area contributed by atoms with Gasteiger partial charge in [0.1, 0.15) is 12.3 Å². The summed E-state index contributed by atoms with van der Waals surface area (Å²) >= 11 is 0. The number of benzene rings is 1. The summed E-state index contributed by atoms with van der Waals surface area (Å²) in [6.07, 6.45) is 1.46. The van der Waals surface area contributed by atoms with Crippen molar-refractivity contribution in [2.75, 3.05) is 6.61 Å². The topological polar surface area (TPSA) is 29.5 Å². The Kier molecular flexibility index (Phi) is 4.51. The minimum atomic E-state index is -0.869. The number of aliphatic hydroxyl groups excluding tert-OH is 1. The second-order valence-electron chi connectivity index (χ2n) is 4.60. The molecule has 1 saturated carbocycles. The van der Waals surface area contributed by atoms with E-state index >= 15 is 0 Å². The van der Waals surface area contributed by atoms with Crippen molar-refractivity contribution < 1.29 is 14.2 Å². The third-order valence-electron chi connectivity index (χ3n) is 3.27. The molecule has 2 rings (SSSR count). The maximum Gasteiger partial charge on any atom is 0.126 e. The Labute approximate surface area is 101 Å². The highest BCUT2D eigenvalue weighted by molar-refractivity contribution is 5.17. The van der Waals surface area contributed by atoms with E-state index in [4.69, 9.17) is 4.74 Å². The summed E-state index contributed by atoms with van der Waals surface area (Å²) in [6, 6.07) is 9.34. The fraction of sp³-hybridized carbons (Fsp3) is 0.571. The molecular formula is C14H19FO2. The summed E-state index contributed by atoms with van der Waals surface area (Å²) in [4.78, 5) is 0. The highest BCUT2D eigenvalue weighted by Crippen LogP contribution is 2.25. The molecule has 1 aliphatic rings. The molecule has 1 fully saturated rings. The standard InChI is InChI=1S/C14H19FO2/c15-12-8-4-5-9-14(12)17-10-13(16)11-6-2-1-3-7-11/h1-3,6-7,12-14,16H,4-5,8-10H2/t12-,13?,14-/m0/s1. The second kappa shape index (κ2) is 6.12. The first kappa shape index (κ1) is 12.5. The first-order valence-corrected chi connectivity index (χ1v) is 6.26. The smallest absolute Gasteiger partial charge is 0.126 e. The van der Waals surface area contributed by atoms with Gasteiger partial charge < -0.3 is 9.84 Å². The van der Waals surface area contributed by atoms with E-state index in [1.54, 1.807) is 0 Å². The van der Waals surface area contributed by atoms with Crippen molar-refractivity contribution in [2.24, 2.45) is 0 Å². The van der Waals surface area contributed by atoms with E-state index in [1.807, 2.05) is 30.3 Å². The summed E-state index contributed by atoms with van der Waals surface area (Å²) in [5.41, 5.74) is 0.818. The number of aliphatic hydroxyl groups is 1. The number of alkyl halides is 1. The Morgan fingerprint density at radius 2 is 1.94 bits per heavy atom. The van der Waals surface area contributed by atoms with E-state index < -0.39 is 12.3 Å². The van der Waals surface area contributed by atoms with Gasteiger partial charge in [-0.3, -0.25) is 0 Å². The van der Waals surface area contributed by atoms with Gasteiger partial charge in [-0.25, -0.2) is 4.39 Å². The largest absolute Gasteiger partial charge is 0.386 e. The number of rotatable bonds is 4. The molecule has 0 aliphatic heterocycles. The van der Waals surface area contributed by atoms with Crippen LogP contribution in [0.3, 0.4) is 0 Å². The molecular weight excluding hydrogens is 219 g/mol. The molecule has 3 heteroatoms. The Bertz CT molecular complexity index is 328. The van der Waals surface area contributed by atoms with Gasteiger partial charge in [-0.1, -0.05) is 43.2 Å². The molecule has 0 heterocycles. The first-order chi connectivity index (χ1) is 8.27. The van der Waals surface area contributed by atoms with Crippen molar-refractivity contribution in [2.45, 2.75) is 44.1 Å². The van der Waals surface area contributed by atoms with Crippen LogP contribution in [0.1, 0.15) is 37.4 Å². The molecule has 0 bridgehead atoms. The van der Waals surface area contributed by atoms with Gasteiger partial charge in [-0.2, -0.15) is 0 Å². The highest BCUT2D eigenvalue weighted by atomic mass is 19.1. The van der Waals surface area contributed by atoms with Crippen LogP contribution in [-0.2, 0) is 4.74 Å². The average molecular weight is 238 g/mol. The van der Waals surface area contributed by atoms with Crippen LogP contribution in [-0.4, -0.2) is 24.0 Å². The third-order valence-corrected chi connectivity index (χ3v) is 3.27. The monoisotopic (exact) mass is 238 g/mol. The Morgan fingerprint density at radius 3 is 2.65 bits per heavy atom. The van der Waals surface area contributed by atoms with E-state index in [1.165, 1.54) is 0 Å². The number of hydrogen-bond donors (Lipinski definition) is 1. The van der Waals surface area contributed by atoms with Gasteiger partial charge in [-0.15, -0.1) is 0 Å². The molecule has 1 aliphatic carbocycles. The molecule has 1 N–H and O–H groups in total. The van der Waals surface area contributed by atoms with Gasteiger partial charge in [-0.05, 0) is 18.4 Å². The summed E-state index contributed by atoms with van der Waals surface area (Å²) in [7, 11) is 0. The molecule has 0 aromatic heterocycles. The van der Waals surface area contributed by atoms with Gasteiger partial charge in [0, 0.05) is 0 Å². The van der Waals surface area contributed by atoms with E-state index in [2.05, 4.69) is 0 Å². The first-order valence-electron chi connectivity index (χ1n) is 6.26. The predicted octanol–water partition coefficient (Wildman–Crippen LogP) is 3.02. The number of ether oxygens (including phenoxy) is 1. The lowest BCUT2D eigenvalue weighted by molar-refractivity contribution is -0.0588. The zero-order valence-corrected chi connectivity index (χ0v) is 9.89. The Hall–Kier alpha value is -0.930. The fourth-order valence-corrected chi connectivity index (χ4v) is 2.23. The molecule has 94 valence electrons. The lowest BCUT2D eigenvalue weighted by Crippen LogP contribution is -2.30. The van der Waals surface area contributed by atoms with Crippen LogP contribution >= 0.6 is 0 Å². The van der Waals surface area contributed by atoms with Gasteiger partial charge in [0.2, 0.25) is 0 Å². The molecule has 17 heavy (non-hydrogen) atoms. The van der Waals surface area contributed by atoms with Gasteiger partial charge in [0.15, 0.2) is 0 Å². The second-order valence-corrected chi connectivity index (χ2v) is 4.60. The minimum Gasteiger partial charge on any atom is -0.386 e. The molecule has 3 atom stereocenters. The van der Waals surface area contributed by atoms with Crippen LogP contribution in [0.5, 0.6) is 0 Å². The Balaban J connectivity index is 1.81. The van der Waals surface area contributed by atoms with E-state index in [0.717, 1.165) is 24.8 Å². The summed E-state index contributed by atoms with van der Waals surface area (Å²) in [6.45, 7) is 0.176. The third kappa shape index (κ3) is 3.51. The van der Waals surface area contributed by atoms with Crippen molar-refractivity contribution in [3.8, 4) is 0 Å². The molecule has 1 aromatic rings. The van der Waals surface area contributed by atoms with Gasteiger partial charge in [0.25, 0.3) is 0 Å². The van der Waals surface area contributed by atoms with Crippen molar-refractivity contribution in [1.29, 1.82) is 0 Å². The van der Waals surface area contributed by atoms with Gasteiger partial charge in [0.05, 0.1) is 12.7 Å². The normalized spacial score (nSPS) is 26.7. The van der Waals surface area contributed by atoms with Crippen LogP contribution in [0.15, 0.2) is 30.3 Å². The van der Waals surface area contributed by atoms with E-state index in [0.29, 0.717) is 6.42 Å². The van der Waals surface area contributed by atoms with Crippen molar-refractivity contribution in [1.82, 2.24) is 0 Å². The lowest BCUT2D eigenvalue weighted by Gasteiger charge is -2.27. The zero-order valence-electron chi connectivity index (χ0n) is 9.89. The van der Waals surface area contributed by atoms with Crippen LogP contribution in [0.4, 0.5) is 4.39 Å². The fourth-order valence-electron chi connectivity index (χ4n) is 2.23. The lowest BCUT2D eigenvalue weighted by atomic mass is 9.96. The molecule has 2 nitrogen and oxygen atoms in total. The average Bonchev–Trinajstić information content (AvgIpc) is 2.38. The summed E-state index contributed by atoms with van der Waals surface area (Å²) < 4.78 is 19.0. The number of halogens is 1. The molecule has 0 radical (unpaired) electrons.